The largest absolute Gasteiger partial charge is 0.494 e. The summed E-state index contributed by atoms with van der Waals surface area (Å²) in [7, 11) is 0.780. The van der Waals surface area contributed by atoms with E-state index in [1.165, 1.54) is 0 Å². The zero-order valence-electron chi connectivity index (χ0n) is 26.9. The fourth-order valence-corrected chi connectivity index (χ4v) is 7.75. The number of rotatable bonds is 9. The minimum atomic E-state index is -4.69. The van der Waals surface area contributed by atoms with E-state index in [2.05, 4.69) is 36.5 Å². The number of hydrogen-bond donors (Lipinski definition) is 2. The minimum Gasteiger partial charge on any atom is -0.494 e. The van der Waals surface area contributed by atoms with E-state index in [0.29, 0.717) is 60.2 Å². The summed E-state index contributed by atoms with van der Waals surface area (Å²) in [5.74, 6) is 1.77. The van der Waals surface area contributed by atoms with Crippen LogP contribution in [-0.4, -0.2) is 80.7 Å². The van der Waals surface area contributed by atoms with Crippen LogP contribution in [0.5, 0.6) is 17.2 Å². The van der Waals surface area contributed by atoms with Crippen molar-refractivity contribution in [3.8, 4) is 23.3 Å². The molecule has 0 atom stereocenters. The number of aryl methyl sites for hydroxylation is 1. The van der Waals surface area contributed by atoms with Gasteiger partial charge >= 0.3 is 6.18 Å². The van der Waals surface area contributed by atoms with Crippen molar-refractivity contribution in [2.45, 2.75) is 38.4 Å². The Morgan fingerprint density at radius 3 is 2.51 bits per heavy atom. The van der Waals surface area contributed by atoms with Crippen molar-refractivity contribution in [1.82, 2.24) is 14.9 Å². The van der Waals surface area contributed by atoms with Crippen molar-refractivity contribution in [3.05, 3.63) is 41.6 Å². The molecule has 0 unspecified atom stereocenters. The first-order valence-electron chi connectivity index (χ1n) is 15.7. The number of aromatic nitrogens is 2. The van der Waals surface area contributed by atoms with E-state index in [9.17, 15) is 13.2 Å². The molecule has 2 saturated heterocycles. The normalized spacial score (nSPS) is 17.3. The summed E-state index contributed by atoms with van der Waals surface area (Å²) in [6.07, 6.45) is -1.19. The molecule has 2 aromatic carbocycles. The summed E-state index contributed by atoms with van der Waals surface area (Å²) in [6, 6.07) is 10.1. The first-order valence-corrected chi connectivity index (χ1v) is 17.9. The fourth-order valence-electron chi connectivity index (χ4n) is 6.56. The summed E-state index contributed by atoms with van der Waals surface area (Å²) in [4.78, 5) is 13.2. The number of piperidine rings is 1. The molecule has 2 fully saturated rings. The molecular formula is C33H39F3N7O3P. The average molecular weight is 670 g/mol. The molecule has 3 aliphatic heterocycles. The molecule has 0 radical (unpaired) electrons. The van der Waals surface area contributed by atoms with Crippen molar-refractivity contribution >= 4 is 42.1 Å². The first kappa shape index (κ1) is 32.9. The smallest absolute Gasteiger partial charge is 0.421 e. The van der Waals surface area contributed by atoms with Gasteiger partial charge in [-0.3, -0.25) is 4.90 Å². The lowest BCUT2D eigenvalue weighted by Crippen LogP contribution is -2.55. The maximum Gasteiger partial charge on any atom is 0.421 e. The third kappa shape index (κ3) is 6.99. The Hall–Kier alpha value is -4.01. The highest BCUT2D eigenvalue weighted by Gasteiger charge is 2.37. The monoisotopic (exact) mass is 669 g/mol. The molecule has 3 aromatic rings. The first-order chi connectivity index (χ1) is 22.5. The Kier molecular flexibility index (Phi) is 9.53. The quantitative estimate of drug-likeness (QED) is 0.254. The highest BCUT2D eigenvalue weighted by Crippen LogP contribution is 2.43. The van der Waals surface area contributed by atoms with Gasteiger partial charge in [0.05, 0.1) is 24.6 Å². The van der Waals surface area contributed by atoms with E-state index in [1.807, 2.05) is 32.4 Å². The lowest BCUT2D eigenvalue weighted by atomic mass is 9.91. The SMILES string of the molecule is COc1cc(N2CCC(N3CC(CC#N)C3)CC2)c(C)cc1Nc1ncc(C(F)(F)F)c(Nc2ccc3c(c2P(C)C)OCCO3)n1. The maximum absolute atomic E-state index is 14.2. The van der Waals surface area contributed by atoms with Crippen LogP contribution in [0.1, 0.15) is 30.4 Å². The van der Waals surface area contributed by atoms with Crippen LogP contribution in [0.4, 0.5) is 42.0 Å². The van der Waals surface area contributed by atoms with Gasteiger partial charge in [-0.15, -0.1) is 0 Å². The van der Waals surface area contributed by atoms with E-state index in [0.717, 1.165) is 61.8 Å². The second kappa shape index (κ2) is 13.6. The molecule has 3 aliphatic rings. The van der Waals surface area contributed by atoms with Crippen LogP contribution in [-0.2, 0) is 6.18 Å². The van der Waals surface area contributed by atoms with E-state index in [-0.39, 0.29) is 11.8 Å². The maximum atomic E-state index is 14.2. The molecule has 47 heavy (non-hydrogen) atoms. The van der Waals surface area contributed by atoms with E-state index in [1.54, 1.807) is 19.2 Å². The number of hydrogen-bond acceptors (Lipinski definition) is 10. The van der Waals surface area contributed by atoms with Gasteiger partial charge in [0.2, 0.25) is 5.95 Å². The van der Waals surface area contributed by atoms with Gasteiger partial charge in [-0.25, -0.2) is 4.98 Å². The summed E-state index contributed by atoms with van der Waals surface area (Å²) in [6.45, 7) is 10.6. The number of nitriles is 1. The third-order valence-electron chi connectivity index (χ3n) is 8.93. The minimum absolute atomic E-state index is 0.00892. The highest BCUT2D eigenvalue weighted by molar-refractivity contribution is 7.64. The van der Waals surface area contributed by atoms with Crippen LogP contribution >= 0.6 is 7.92 Å². The second-order valence-corrected chi connectivity index (χ2v) is 14.6. The van der Waals surface area contributed by atoms with Crippen LogP contribution in [0.25, 0.3) is 0 Å². The third-order valence-corrected chi connectivity index (χ3v) is 10.3. The fraction of sp³-hybridized carbons (Fsp3) is 0.485. The molecule has 0 spiro atoms. The van der Waals surface area contributed by atoms with E-state index < -0.39 is 19.7 Å². The lowest BCUT2D eigenvalue weighted by molar-refractivity contribution is -0.137. The Balaban J connectivity index is 1.22. The molecule has 2 N–H and O–H groups in total. The predicted octanol–water partition coefficient (Wildman–Crippen LogP) is 6.25. The van der Waals surface area contributed by atoms with E-state index >= 15 is 0 Å². The molecule has 10 nitrogen and oxygen atoms in total. The van der Waals surface area contributed by atoms with Crippen molar-refractivity contribution in [2.24, 2.45) is 5.92 Å². The molecule has 4 heterocycles. The summed E-state index contributed by atoms with van der Waals surface area (Å²) in [5, 5.41) is 15.7. The molecule has 0 amide bonds. The van der Waals surface area contributed by atoms with Crippen molar-refractivity contribution in [2.75, 3.05) is 75.4 Å². The van der Waals surface area contributed by atoms with Gasteiger partial charge in [-0.05, 0) is 62.8 Å². The second-order valence-electron chi connectivity index (χ2n) is 12.3. The molecule has 250 valence electrons. The Labute approximate surface area is 274 Å². The zero-order valence-corrected chi connectivity index (χ0v) is 27.8. The van der Waals surface area contributed by atoms with Crippen LogP contribution < -0.4 is 35.0 Å². The highest BCUT2D eigenvalue weighted by atomic mass is 31.1. The van der Waals surface area contributed by atoms with Gasteiger partial charge in [0.1, 0.15) is 30.3 Å². The molecule has 0 saturated carbocycles. The van der Waals surface area contributed by atoms with Gasteiger partial charge in [-0.1, -0.05) is 7.92 Å². The van der Waals surface area contributed by atoms with Gasteiger partial charge in [-0.2, -0.15) is 23.4 Å². The molecule has 0 bridgehead atoms. The van der Waals surface area contributed by atoms with Crippen LogP contribution in [0.3, 0.4) is 0 Å². The summed E-state index contributed by atoms with van der Waals surface area (Å²) < 4.78 is 59.8. The van der Waals surface area contributed by atoms with Crippen LogP contribution in [0.15, 0.2) is 30.5 Å². The Bertz CT molecular complexity index is 1650. The number of ether oxygens (including phenoxy) is 3. The zero-order chi connectivity index (χ0) is 33.3. The molecule has 1 aromatic heterocycles. The van der Waals surface area contributed by atoms with E-state index in [4.69, 9.17) is 19.5 Å². The molecule has 0 aliphatic carbocycles. The van der Waals surface area contributed by atoms with Crippen molar-refractivity contribution in [3.63, 3.8) is 0 Å². The average Bonchev–Trinajstić information content (AvgIpc) is 3.02. The number of nitrogens with zero attached hydrogens (tertiary/aromatic N) is 5. The summed E-state index contributed by atoms with van der Waals surface area (Å²) >= 11 is 0. The number of alkyl halides is 3. The standard InChI is InChI=1S/C33H39F3N7O3P/c1-20-15-25(28(44-2)16-26(20)42-11-8-22(9-12-42)43-18-21(19-43)7-10-37)40-32-38-17-23(33(34,35)36)31(41-32)39-24-5-6-27-29(30(24)47(3)4)46-14-13-45-27/h5-6,15-17,21-22H,7-9,11-14,18-19H2,1-4H3,(H2,38,39,40,41). The van der Waals surface area contributed by atoms with Gasteiger partial charge in [0, 0.05) is 61.9 Å². The predicted molar refractivity (Wildman–Crippen MR) is 178 cm³/mol. The molecular weight excluding hydrogens is 630 g/mol. The molecule has 6 rings (SSSR count). The van der Waals surface area contributed by atoms with Gasteiger partial charge < -0.3 is 29.7 Å². The number of nitrogens with one attached hydrogen (secondary N) is 2. The number of halogens is 3. The van der Waals surface area contributed by atoms with Crippen molar-refractivity contribution in [1.29, 1.82) is 5.26 Å². The topological polar surface area (TPSA) is 108 Å². The Morgan fingerprint density at radius 1 is 1.09 bits per heavy atom. The van der Waals surface area contributed by atoms with Crippen molar-refractivity contribution < 1.29 is 27.4 Å². The Morgan fingerprint density at radius 2 is 1.83 bits per heavy atom. The van der Waals surface area contributed by atoms with Crippen LogP contribution in [0.2, 0.25) is 0 Å². The van der Waals surface area contributed by atoms with Gasteiger partial charge in [0.25, 0.3) is 0 Å². The lowest BCUT2D eigenvalue weighted by Gasteiger charge is -2.47. The number of fused-ring (bicyclic) bond motifs is 1. The van der Waals surface area contributed by atoms with Crippen LogP contribution in [0, 0.1) is 24.2 Å². The number of benzene rings is 2. The van der Waals surface area contributed by atoms with Gasteiger partial charge in [0.15, 0.2) is 11.5 Å². The summed E-state index contributed by atoms with van der Waals surface area (Å²) in [5.41, 5.74) is 2.08. The number of anilines is 5. The molecule has 14 heteroatoms. The number of likely N-dealkylation sites (tertiary alicyclic amines) is 1. The number of methoxy groups -OCH3 is 1.